The molecule has 0 spiro atoms. The lowest BCUT2D eigenvalue weighted by Gasteiger charge is -2.23. The fourth-order valence-corrected chi connectivity index (χ4v) is 3.26. The van der Waals surface area contributed by atoms with Crippen molar-refractivity contribution in [2.45, 2.75) is 25.9 Å². The number of thiazole rings is 1. The number of carbonyl (C=O) groups is 1. The fraction of sp³-hybridized carbons (Fsp3) is 0.286. The Morgan fingerprint density at radius 3 is 3.00 bits per heavy atom. The molecule has 0 saturated carbocycles. The summed E-state index contributed by atoms with van der Waals surface area (Å²) in [5, 5.41) is 12.3. The minimum Gasteiger partial charge on any atom is -0.480 e. The predicted octanol–water partition coefficient (Wildman–Crippen LogP) is 2.47. The summed E-state index contributed by atoms with van der Waals surface area (Å²) in [5.41, 5.74) is 3.10. The Morgan fingerprint density at radius 1 is 1.53 bits per heavy atom. The van der Waals surface area contributed by atoms with Gasteiger partial charge in [-0.05, 0) is 18.6 Å². The average molecular weight is 274 g/mol. The van der Waals surface area contributed by atoms with E-state index in [1.54, 1.807) is 11.3 Å². The lowest BCUT2D eigenvalue weighted by atomic mass is 10.1. The van der Waals surface area contributed by atoms with E-state index in [2.05, 4.69) is 4.98 Å². The van der Waals surface area contributed by atoms with Gasteiger partial charge in [-0.15, -0.1) is 11.3 Å². The normalized spacial score (nSPS) is 17.5. The van der Waals surface area contributed by atoms with E-state index in [1.807, 2.05) is 41.5 Å². The lowest BCUT2D eigenvalue weighted by Crippen LogP contribution is -2.38. The van der Waals surface area contributed by atoms with Crippen LogP contribution in [0.1, 0.15) is 16.3 Å². The summed E-state index contributed by atoms with van der Waals surface area (Å²) in [5.74, 6) is -0.774. The first kappa shape index (κ1) is 12.2. The van der Waals surface area contributed by atoms with Crippen molar-refractivity contribution < 1.29 is 9.90 Å². The lowest BCUT2D eigenvalue weighted by molar-refractivity contribution is -0.138. The molecule has 1 aromatic carbocycles. The fourth-order valence-electron chi connectivity index (χ4n) is 2.49. The maximum atomic E-state index is 11.4. The number of hydrogen-bond acceptors (Lipinski definition) is 4. The molecule has 1 aliphatic heterocycles. The van der Waals surface area contributed by atoms with E-state index < -0.39 is 12.0 Å². The highest BCUT2D eigenvalue weighted by Gasteiger charge is 2.34. The van der Waals surface area contributed by atoms with Crippen molar-refractivity contribution in [3.05, 3.63) is 45.9 Å². The number of aliphatic carboxylic acids is 1. The largest absolute Gasteiger partial charge is 0.480 e. The molecule has 0 fully saturated rings. The molecule has 5 heteroatoms. The third-order valence-electron chi connectivity index (χ3n) is 3.35. The smallest absolute Gasteiger partial charge is 0.326 e. The number of benzene rings is 1. The van der Waals surface area contributed by atoms with E-state index in [-0.39, 0.29) is 0 Å². The Bertz CT molecular complexity index is 623. The first-order valence-electron chi connectivity index (χ1n) is 6.13. The number of aromatic nitrogens is 1. The van der Waals surface area contributed by atoms with Crippen LogP contribution in [0.3, 0.4) is 0 Å². The molecule has 2 heterocycles. The number of rotatable bonds is 3. The molecule has 0 amide bonds. The molecule has 0 saturated heterocycles. The summed E-state index contributed by atoms with van der Waals surface area (Å²) >= 11 is 1.58. The highest BCUT2D eigenvalue weighted by molar-refractivity contribution is 7.09. The predicted molar refractivity (Wildman–Crippen MR) is 74.6 cm³/mol. The zero-order chi connectivity index (χ0) is 13.4. The molecule has 1 aromatic heterocycles. The van der Waals surface area contributed by atoms with Gasteiger partial charge in [0.2, 0.25) is 0 Å². The number of para-hydroxylation sites is 1. The van der Waals surface area contributed by atoms with Gasteiger partial charge in [-0.1, -0.05) is 18.2 Å². The van der Waals surface area contributed by atoms with Gasteiger partial charge in [0.25, 0.3) is 0 Å². The van der Waals surface area contributed by atoms with E-state index in [0.717, 1.165) is 22.0 Å². The number of aryl methyl sites for hydroxylation is 1. The van der Waals surface area contributed by atoms with Crippen LogP contribution in [0.2, 0.25) is 0 Å². The minimum atomic E-state index is -0.774. The van der Waals surface area contributed by atoms with Crippen molar-refractivity contribution in [1.29, 1.82) is 0 Å². The van der Waals surface area contributed by atoms with Crippen LogP contribution in [-0.4, -0.2) is 22.1 Å². The second-order valence-corrected chi connectivity index (χ2v) is 5.64. The Kier molecular flexibility index (Phi) is 2.98. The van der Waals surface area contributed by atoms with Crippen LogP contribution in [0.4, 0.5) is 5.69 Å². The minimum absolute atomic E-state index is 0.485. The van der Waals surface area contributed by atoms with Crippen molar-refractivity contribution in [2.24, 2.45) is 0 Å². The molecule has 98 valence electrons. The van der Waals surface area contributed by atoms with E-state index in [0.29, 0.717) is 13.0 Å². The van der Waals surface area contributed by atoms with Gasteiger partial charge < -0.3 is 10.0 Å². The molecular formula is C14H14N2O2S. The Morgan fingerprint density at radius 2 is 2.32 bits per heavy atom. The molecule has 0 radical (unpaired) electrons. The molecule has 1 atom stereocenters. The average Bonchev–Trinajstić information content (AvgIpc) is 2.95. The molecule has 4 nitrogen and oxygen atoms in total. The maximum absolute atomic E-state index is 11.4. The van der Waals surface area contributed by atoms with Crippen molar-refractivity contribution in [3.8, 4) is 0 Å². The van der Waals surface area contributed by atoms with Crippen molar-refractivity contribution in [1.82, 2.24) is 4.98 Å². The van der Waals surface area contributed by atoms with E-state index in [9.17, 15) is 9.90 Å². The van der Waals surface area contributed by atoms with Crippen LogP contribution >= 0.6 is 11.3 Å². The highest BCUT2D eigenvalue weighted by atomic mass is 32.1. The van der Waals surface area contributed by atoms with E-state index >= 15 is 0 Å². The summed E-state index contributed by atoms with van der Waals surface area (Å²) in [4.78, 5) is 17.8. The Balaban J connectivity index is 1.93. The van der Waals surface area contributed by atoms with Crippen molar-refractivity contribution in [2.75, 3.05) is 4.90 Å². The SMILES string of the molecule is Cc1csc(CN2c3ccccc3CC2C(=O)O)n1. The second-order valence-electron chi connectivity index (χ2n) is 4.70. The zero-order valence-corrected chi connectivity index (χ0v) is 11.4. The van der Waals surface area contributed by atoms with Crippen LogP contribution in [0.5, 0.6) is 0 Å². The molecule has 2 aromatic rings. The quantitative estimate of drug-likeness (QED) is 0.934. The van der Waals surface area contributed by atoms with Crippen LogP contribution < -0.4 is 4.90 Å². The molecule has 1 N–H and O–H groups in total. The van der Waals surface area contributed by atoms with Gasteiger partial charge in [-0.3, -0.25) is 0 Å². The van der Waals surface area contributed by atoms with Gasteiger partial charge in [0.05, 0.1) is 6.54 Å². The third-order valence-corrected chi connectivity index (χ3v) is 4.30. The van der Waals surface area contributed by atoms with E-state index in [4.69, 9.17) is 0 Å². The first-order chi connectivity index (χ1) is 9.15. The van der Waals surface area contributed by atoms with Crippen LogP contribution in [0, 0.1) is 6.92 Å². The molecule has 1 unspecified atom stereocenters. The molecule has 0 aliphatic carbocycles. The number of fused-ring (bicyclic) bond motifs is 1. The van der Waals surface area contributed by atoms with Crippen molar-refractivity contribution >= 4 is 23.0 Å². The zero-order valence-electron chi connectivity index (χ0n) is 10.5. The number of carboxylic acids is 1. The van der Waals surface area contributed by atoms with Crippen LogP contribution in [0.25, 0.3) is 0 Å². The summed E-state index contributed by atoms with van der Waals surface area (Å²) in [6.45, 7) is 2.51. The monoisotopic (exact) mass is 274 g/mol. The Hall–Kier alpha value is -1.88. The maximum Gasteiger partial charge on any atom is 0.326 e. The van der Waals surface area contributed by atoms with Gasteiger partial charge in [0.1, 0.15) is 11.0 Å². The van der Waals surface area contributed by atoms with Crippen LogP contribution in [-0.2, 0) is 17.8 Å². The van der Waals surface area contributed by atoms with Gasteiger partial charge in [0, 0.05) is 23.2 Å². The van der Waals surface area contributed by atoms with Gasteiger partial charge in [0.15, 0.2) is 0 Å². The number of hydrogen-bond donors (Lipinski definition) is 1. The Labute approximate surface area is 115 Å². The third kappa shape index (κ3) is 2.21. The van der Waals surface area contributed by atoms with Crippen molar-refractivity contribution in [3.63, 3.8) is 0 Å². The standard InChI is InChI=1S/C14H14N2O2S/c1-9-8-19-13(15-9)7-16-11-5-3-2-4-10(11)6-12(16)14(17)18/h2-5,8,12H,6-7H2,1H3,(H,17,18). The molecule has 1 aliphatic rings. The first-order valence-corrected chi connectivity index (χ1v) is 7.01. The molecule has 19 heavy (non-hydrogen) atoms. The van der Waals surface area contributed by atoms with Gasteiger partial charge in [-0.25, -0.2) is 9.78 Å². The number of nitrogens with zero attached hydrogens (tertiary/aromatic N) is 2. The molecule has 3 rings (SSSR count). The molecule has 0 bridgehead atoms. The number of carboxylic acid groups (broad SMARTS) is 1. The topological polar surface area (TPSA) is 53.4 Å². The molecular weight excluding hydrogens is 260 g/mol. The highest BCUT2D eigenvalue weighted by Crippen LogP contribution is 2.33. The second kappa shape index (κ2) is 4.66. The summed E-state index contributed by atoms with van der Waals surface area (Å²) < 4.78 is 0. The van der Waals surface area contributed by atoms with Gasteiger partial charge in [-0.2, -0.15) is 0 Å². The number of anilines is 1. The summed E-state index contributed by atoms with van der Waals surface area (Å²) in [7, 11) is 0. The van der Waals surface area contributed by atoms with Gasteiger partial charge >= 0.3 is 5.97 Å². The van der Waals surface area contributed by atoms with E-state index in [1.165, 1.54) is 0 Å². The summed E-state index contributed by atoms with van der Waals surface area (Å²) in [6.07, 6.45) is 0.565. The summed E-state index contributed by atoms with van der Waals surface area (Å²) in [6, 6.07) is 7.40. The van der Waals surface area contributed by atoms with Crippen LogP contribution in [0.15, 0.2) is 29.6 Å².